The second kappa shape index (κ2) is 7.00. The Labute approximate surface area is 144 Å². The molecule has 0 saturated carbocycles. The summed E-state index contributed by atoms with van der Waals surface area (Å²) in [6.07, 6.45) is 1.99. The molecule has 1 atom stereocenters. The lowest BCUT2D eigenvalue weighted by Crippen LogP contribution is -2.34. The van der Waals surface area contributed by atoms with E-state index in [-0.39, 0.29) is 24.2 Å². The standard InChI is InChI=1S/C17H19N3O3S/c1-12-6-7-13(20(22)23)10-14(12)18-11-17(21)19-8-2-4-15(19)16-5-3-9-24-16/h3,5-7,9-10,15,18H,2,4,8,11H2,1H3. The predicted octanol–water partition coefficient (Wildman–Crippen LogP) is 3.74. The van der Waals surface area contributed by atoms with Gasteiger partial charge in [0.25, 0.3) is 5.69 Å². The topological polar surface area (TPSA) is 75.5 Å². The maximum absolute atomic E-state index is 12.6. The molecular formula is C17H19N3O3S. The van der Waals surface area contributed by atoms with Crippen LogP contribution in [0.4, 0.5) is 11.4 Å². The number of anilines is 1. The number of amides is 1. The number of hydrogen-bond acceptors (Lipinski definition) is 5. The zero-order chi connectivity index (χ0) is 17.1. The zero-order valence-electron chi connectivity index (χ0n) is 13.4. The van der Waals surface area contributed by atoms with Crippen LogP contribution in [0.3, 0.4) is 0 Å². The number of nitro benzene ring substituents is 1. The molecule has 2 heterocycles. The fourth-order valence-corrected chi connectivity index (χ4v) is 3.90. The van der Waals surface area contributed by atoms with E-state index in [1.165, 1.54) is 17.0 Å². The van der Waals surface area contributed by atoms with Gasteiger partial charge in [-0.25, -0.2) is 0 Å². The molecule has 0 spiro atoms. The van der Waals surface area contributed by atoms with Gasteiger partial charge in [0.1, 0.15) is 0 Å². The minimum absolute atomic E-state index is 0.0215. The largest absolute Gasteiger partial charge is 0.376 e. The number of aryl methyl sites for hydroxylation is 1. The van der Waals surface area contributed by atoms with E-state index in [9.17, 15) is 14.9 Å². The molecule has 1 amide bonds. The van der Waals surface area contributed by atoms with Crippen molar-refractivity contribution >= 4 is 28.6 Å². The lowest BCUT2D eigenvalue weighted by molar-refractivity contribution is -0.384. The van der Waals surface area contributed by atoms with Gasteiger partial charge in [0.05, 0.1) is 17.5 Å². The molecule has 7 heteroatoms. The van der Waals surface area contributed by atoms with Crippen LogP contribution in [0.15, 0.2) is 35.7 Å². The van der Waals surface area contributed by atoms with Crippen LogP contribution in [0, 0.1) is 17.0 Å². The highest BCUT2D eigenvalue weighted by Crippen LogP contribution is 2.34. The number of carbonyl (C=O) groups is 1. The van der Waals surface area contributed by atoms with Crippen LogP contribution in [0.1, 0.15) is 29.3 Å². The van der Waals surface area contributed by atoms with Gasteiger partial charge in [0, 0.05) is 29.2 Å². The molecule has 2 aromatic rings. The molecule has 0 aliphatic carbocycles. The molecule has 1 fully saturated rings. The van der Waals surface area contributed by atoms with Crippen LogP contribution in [0.2, 0.25) is 0 Å². The second-order valence-corrected chi connectivity index (χ2v) is 6.85. The van der Waals surface area contributed by atoms with Crippen LogP contribution < -0.4 is 5.32 Å². The Kier molecular flexibility index (Phi) is 4.80. The van der Waals surface area contributed by atoms with Gasteiger partial charge in [-0.15, -0.1) is 11.3 Å². The molecule has 1 aromatic heterocycles. The first-order valence-corrected chi connectivity index (χ1v) is 8.76. The Bertz CT molecular complexity index is 746. The third-order valence-electron chi connectivity index (χ3n) is 4.31. The number of non-ortho nitro benzene ring substituents is 1. The number of nitro groups is 1. The highest BCUT2D eigenvalue weighted by atomic mass is 32.1. The van der Waals surface area contributed by atoms with Gasteiger partial charge in [0.15, 0.2) is 0 Å². The highest BCUT2D eigenvalue weighted by molar-refractivity contribution is 7.10. The third kappa shape index (κ3) is 3.41. The summed E-state index contributed by atoms with van der Waals surface area (Å²) in [5.74, 6) is 0.0248. The Hall–Kier alpha value is -2.41. The van der Waals surface area contributed by atoms with Crippen molar-refractivity contribution in [1.82, 2.24) is 4.90 Å². The summed E-state index contributed by atoms with van der Waals surface area (Å²) in [6.45, 7) is 2.77. The summed E-state index contributed by atoms with van der Waals surface area (Å²) in [7, 11) is 0. The van der Waals surface area contributed by atoms with E-state index in [2.05, 4.69) is 11.4 Å². The Morgan fingerprint density at radius 3 is 3.00 bits per heavy atom. The number of thiophene rings is 1. The molecule has 1 aromatic carbocycles. The molecule has 1 unspecified atom stereocenters. The SMILES string of the molecule is Cc1ccc([N+](=O)[O-])cc1NCC(=O)N1CCCC1c1cccs1. The molecule has 0 bridgehead atoms. The summed E-state index contributed by atoms with van der Waals surface area (Å²) >= 11 is 1.67. The van der Waals surface area contributed by atoms with Gasteiger partial charge in [0.2, 0.25) is 5.91 Å². The lowest BCUT2D eigenvalue weighted by Gasteiger charge is -2.24. The number of nitrogens with one attached hydrogen (secondary N) is 1. The van der Waals surface area contributed by atoms with Crippen LogP contribution in [0.25, 0.3) is 0 Å². The quantitative estimate of drug-likeness (QED) is 0.661. The summed E-state index contributed by atoms with van der Waals surface area (Å²) in [4.78, 5) is 26.2. The van der Waals surface area contributed by atoms with E-state index in [1.54, 1.807) is 17.4 Å². The second-order valence-electron chi connectivity index (χ2n) is 5.87. The number of hydrogen-bond donors (Lipinski definition) is 1. The number of rotatable bonds is 5. The first-order valence-electron chi connectivity index (χ1n) is 7.88. The molecule has 3 rings (SSSR count). The Morgan fingerprint density at radius 2 is 2.29 bits per heavy atom. The van der Waals surface area contributed by atoms with E-state index >= 15 is 0 Å². The molecule has 1 saturated heterocycles. The number of likely N-dealkylation sites (tertiary alicyclic amines) is 1. The minimum Gasteiger partial charge on any atom is -0.376 e. The minimum atomic E-state index is -0.431. The van der Waals surface area contributed by atoms with Crippen molar-refractivity contribution in [3.05, 3.63) is 56.3 Å². The zero-order valence-corrected chi connectivity index (χ0v) is 14.2. The first-order chi connectivity index (χ1) is 11.6. The van der Waals surface area contributed by atoms with Gasteiger partial charge in [-0.1, -0.05) is 12.1 Å². The lowest BCUT2D eigenvalue weighted by atomic mass is 10.1. The van der Waals surface area contributed by atoms with Gasteiger partial charge in [-0.3, -0.25) is 14.9 Å². The predicted molar refractivity (Wildman–Crippen MR) is 94.3 cm³/mol. The molecule has 1 N–H and O–H groups in total. The molecule has 126 valence electrons. The number of benzene rings is 1. The van der Waals surface area contributed by atoms with Crippen LogP contribution in [-0.2, 0) is 4.79 Å². The van der Waals surface area contributed by atoms with E-state index in [4.69, 9.17) is 0 Å². The maximum atomic E-state index is 12.6. The maximum Gasteiger partial charge on any atom is 0.271 e. The monoisotopic (exact) mass is 345 g/mol. The fourth-order valence-electron chi connectivity index (χ4n) is 3.03. The first kappa shape index (κ1) is 16.4. The van der Waals surface area contributed by atoms with Crippen molar-refractivity contribution < 1.29 is 9.72 Å². The van der Waals surface area contributed by atoms with Gasteiger partial charge in [-0.2, -0.15) is 0 Å². The summed E-state index contributed by atoms with van der Waals surface area (Å²) in [5, 5.41) is 16.0. The van der Waals surface area contributed by atoms with E-state index in [0.29, 0.717) is 5.69 Å². The molecular weight excluding hydrogens is 326 g/mol. The normalized spacial score (nSPS) is 17.0. The fraction of sp³-hybridized carbons (Fsp3) is 0.353. The van der Waals surface area contributed by atoms with Crippen LogP contribution in [0.5, 0.6) is 0 Å². The van der Waals surface area contributed by atoms with Gasteiger partial charge in [-0.05, 0) is 36.8 Å². The van der Waals surface area contributed by atoms with Crippen molar-refractivity contribution in [2.24, 2.45) is 0 Å². The van der Waals surface area contributed by atoms with Crippen LogP contribution in [-0.4, -0.2) is 28.8 Å². The van der Waals surface area contributed by atoms with Gasteiger partial charge >= 0.3 is 0 Å². The van der Waals surface area contributed by atoms with E-state index in [0.717, 1.165) is 24.9 Å². The summed E-state index contributed by atoms with van der Waals surface area (Å²) in [6, 6.07) is 8.87. The summed E-state index contributed by atoms with van der Waals surface area (Å²) < 4.78 is 0. The van der Waals surface area contributed by atoms with Crippen LogP contribution >= 0.6 is 11.3 Å². The summed E-state index contributed by atoms with van der Waals surface area (Å²) in [5.41, 5.74) is 1.53. The van der Waals surface area contributed by atoms with Crippen molar-refractivity contribution in [3.63, 3.8) is 0 Å². The number of nitrogens with zero attached hydrogens (tertiary/aromatic N) is 2. The van der Waals surface area contributed by atoms with Crippen molar-refractivity contribution in [2.45, 2.75) is 25.8 Å². The average molecular weight is 345 g/mol. The molecule has 1 aliphatic heterocycles. The third-order valence-corrected chi connectivity index (χ3v) is 5.28. The molecule has 0 radical (unpaired) electrons. The number of carbonyl (C=O) groups excluding carboxylic acids is 1. The smallest absolute Gasteiger partial charge is 0.271 e. The van der Waals surface area contributed by atoms with Crippen molar-refractivity contribution in [2.75, 3.05) is 18.4 Å². The Balaban J connectivity index is 1.67. The Morgan fingerprint density at radius 1 is 1.46 bits per heavy atom. The van der Waals surface area contributed by atoms with E-state index < -0.39 is 4.92 Å². The average Bonchev–Trinajstić information content (AvgIpc) is 3.24. The molecule has 6 nitrogen and oxygen atoms in total. The molecule has 24 heavy (non-hydrogen) atoms. The molecule has 1 aliphatic rings. The van der Waals surface area contributed by atoms with Crippen molar-refractivity contribution in [1.29, 1.82) is 0 Å². The van der Waals surface area contributed by atoms with Crippen molar-refractivity contribution in [3.8, 4) is 0 Å². The van der Waals surface area contributed by atoms with Gasteiger partial charge < -0.3 is 10.2 Å². The highest BCUT2D eigenvalue weighted by Gasteiger charge is 2.30. The van der Waals surface area contributed by atoms with E-state index in [1.807, 2.05) is 23.3 Å².